The molecule has 8 heteroatoms. The molecular formula is C9H15N3O5. The third-order valence-electron chi connectivity index (χ3n) is 2.37. The highest BCUT2D eigenvalue weighted by atomic mass is 16.7. The smallest absolute Gasteiger partial charge is 0.186 e. The van der Waals surface area contributed by atoms with Crippen LogP contribution in [-0.4, -0.2) is 59.2 Å². The van der Waals surface area contributed by atoms with Gasteiger partial charge in [0.1, 0.15) is 18.3 Å². The van der Waals surface area contributed by atoms with E-state index in [4.69, 9.17) is 15.0 Å². The summed E-state index contributed by atoms with van der Waals surface area (Å²) >= 11 is 0. The van der Waals surface area contributed by atoms with Gasteiger partial charge in [-0.05, 0) is 5.53 Å². The van der Waals surface area contributed by atoms with Gasteiger partial charge in [-0.15, -0.1) is 6.58 Å². The molecule has 8 nitrogen and oxygen atoms in total. The van der Waals surface area contributed by atoms with Crippen LogP contribution in [0.15, 0.2) is 17.8 Å². The minimum Gasteiger partial charge on any atom is -0.388 e. The number of hydrogen-bond donors (Lipinski definition) is 3. The number of nitrogens with zero attached hydrogens (tertiary/aromatic N) is 3. The van der Waals surface area contributed by atoms with Crippen LogP contribution in [0, 0.1) is 0 Å². The molecule has 0 amide bonds. The SMILES string of the molecule is C=CCO[C@H]1O[C@H](CN=[N+]=[N-])[C@@H](O)[C@H](O)[C@@H]1O. The van der Waals surface area contributed by atoms with Gasteiger partial charge in [0.15, 0.2) is 6.29 Å². The molecule has 3 N–H and O–H groups in total. The summed E-state index contributed by atoms with van der Waals surface area (Å²) in [6, 6.07) is 0. The van der Waals surface area contributed by atoms with Gasteiger partial charge in [0, 0.05) is 4.91 Å². The highest BCUT2D eigenvalue weighted by Gasteiger charge is 2.43. The lowest BCUT2D eigenvalue weighted by Gasteiger charge is -2.39. The average Bonchev–Trinajstić information content (AvgIpc) is 2.34. The molecule has 0 spiro atoms. The molecule has 1 heterocycles. The van der Waals surface area contributed by atoms with Gasteiger partial charge in [-0.3, -0.25) is 0 Å². The van der Waals surface area contributed by atoms with E-state index in [-0.39, 0.29) is 13.2 Å². The number of rotatable bonds is 5. The maximum Gasteiger partial charge on any atom is 0.186 e. The summed E-state index contributed by atoms with van der Waals surface area (Å²) in [4.78, 5) is 2.53. The second kappa shape index (κ2) is 6.55. The standard InChI is InChI=1S/C9H15N3O5/c1-2-3-16-9-8(15)7(14)6(13)5(17-9)4-11-12-10/h2,5-9,13-15H,1,3-4H2/t5-,6-,7+,8+,9+/m1/s1. The van der Waals surface area contributed by atoms with Gasteiger partial charge >= 0.3 is 0 Å². The Morgan fingerprint density at radius 2 is 2.06 bits per heavy atom. The molecule has 0 aromatic carbocycles. The Bertz CT molecular complexity index is 307. The minimum absolute atomic E-state index is 0.124. The molecule has 5 atom stereocenters. The van der Waals surface area contributed by atoms with E-state index in [1.807, 2.05) is 0 Å². The van der Waals surface area contributed by atoms with Gasteiger partial charge in [-0.2, -0.15) is 0 Å². The predicted octanol–water partition coefficient (Wildman–Crippen LogP) is -0.693. The zero-order chi connectivity index (χ0) is 12.8. The molecule has 1 fully saturated rings. The van der Waals surface area contributed by atoms with Crippen molar-refractivity contribution in [2.24, 2.45) is 5.11 Å². The normalized spacial score (nSPS) is 37.2. The lowest BCUT2D eigenvalue weighted by molar-refractivity contribution is -0.291. The van der Waals surface area contributed by atoms with Crippen molar-refractivity contribution in [3.05, 3.63) is 23.1 Å². The number of hydrogen-bond acceptors (Lipinski definition) is 6. The first kappa shape index (κ1) is 13.9. The second-order valence-corrected chi connectivity index (χ2v) is 3.55. The summed E-state index contributed by atoms with van der Waals surface area (Å²) in [5.74, 6) is 0. The van der Waals surface area contributed by atoms with E-state index in [9.17, 15) is 15.3 Å². The van der Waals surface area contributed by atoms with Crippen molar-refractivity contribution in [3.8, 4) is 0 Å². The van der Waals surface area contributed by atoms with E-state index >= 15 is 0 Å². The fraction of sp³-hybridized carbons (Fsp3) is 0.778. The topological polar surface area (TPSA) is 128 Å². The van der Waals surface area contributed by atoms with E-state index in [1.54, 1.807) is 0 Å². The Hall–Kier alpha value is -1.15. The summed E-state index contributed by atoms with van der Waals surface area (Å²) in [7, 11) is 0. The third kappa shape index (κ3) is 3.40. The Balaban J connectivity index is 2.67. The largest absolute Gasteiger partial charge is 0.388 e. The molecule has 1 aliphatic heterocycles. The van der Waals surface area contributed by atoms with Gasteiger partial charge in [0.25, 0.3) is 0 Å². The molecule has 96 valence electrons. The maximum atomic E-state index is 9.58. The average molecular weight is 245 g/mol. The van der Waals surface area contributed by atoms with Crippen molar-refractivity contribution in [3.63, 3.8) is 0 Å². The van der Waals surface area contributed by atoms with E-state index in [1.165, 1.54) is 6.08 Å². The Kier molecular flexibility index (Phi) is 5.36. The quantitative estimate of drug-likeness (QED) is 0.255. The Morgan fingerprint density at radius 3 is 2.65 bits per heavy atom. The summed E-state index contributed by atoms with van der Waals surface area (Å²) in [6.07, 6.45) is -4.68. The Morgan fingerprint density at radius 1 is 1.35 bits per heavy atom. The molecule has 1 rings (SSSR count). The molecular weight excluding hydrogens is 230 g/mol. The molecule has 0 aliphatic carbocycles. The maximum absolute atomic E-state index is 9.58. The van der Waals surface area contributed by atoms with Crippen molar-refractivity contribution in [2.45, 2.75) is 30.7 Å². The van der Waals surface area contributed by atoms with Crippen molar-refractivity contribution < 1.29 is 24.8 Å². The van der Waals surface area contributed by atoms with Crippen LogP contribution < -0.4 is 0 Å². The fourth-order valence-corrected chi connectivity index (χ4v) is 1.48. The first-order chi connectivity index (χ1) is 8.11. The highest BCUT2D eigenvalue weighted by Crippen LogP contribution is 2.22. The van der Waals surface area contributed by atoms with Crippen molar-refractivity contribution in [1.82, 2.24) is 0 Å². The molecule has 0 bridgehead atoms. The third-order valence-corrected chi connectivity index (χ3v) is 2.37. The zero-order valence-electron chi connectivity index (χ0n) is 9.09. The molecule has 1 aliphatic rings. The van der Waals surface area contributed by atoms with Crippen LogP contribution >= 0.6 is 0 Å². The van der Waals surface area contributed by atoms with Crippen LogP contribution in [0.4, 0.5) is 0 Å². The summed E-state index contributed by atoms with van der Waals surface area (Å²) in [5.41, 5.74) is 8.17. The van der Waals surface area contributed by atoms with Crippen molar-refractivity contribution in [1.29, 1.82) is 0 Å². The predicted molar refractivity (Wildman–Crippen MR) is 56.8 cm³/mol. The van der Waals surface area contributed by atoms with Gasteiger partial charge in [0.2, 0.25) is 0 Å². The van der Waals surface area contributed by atoms with Crippen LogP contribution in [0.3, 0.4) is 0 Å². The van der Waals surface area contributed by atoms with Gasteiger partial charge in [0.05, 0.1) is 19.3 Å². The molecule has 0 saturated carbocycles. The van der Waals surface area contributed by atoms with Gasteiger partial charge in [-0.25, -0.2) is 0 Å². The van der Waals surface area contributed by atoms with Crippen LogP contribution in [-0.2, 0) is 9.47 Å². The molecule has 0 unspecified atom stereocenters. The zero-order valence-corrected chi connectivity index (χ0v) is 9.09. The lowest BCUT2D eigenvalue weighted by Crippen LogP contribution is -2.59. The summed E-state index contributed by atoms with van der Waals surface area (Å²) in [5, 5.41) is 32.0. The number of aliphatic hydroxyl groups is 3. The molecule has 0 aromatic rings. The van der Waals surface area contributed by atoms with Crippen LogP contribution in [0.2, 0.25) is 0 Å². The minimum atomic E-state index is -1.42. The second-order valence-electron chi connectivity index (χ2n) is 3.55. The van der Waals surface area contributed by atoms with Crippen LogP contribution in [0.5, 0.6) is 0 Å². The van der Waals surface area contributed by atoms with Gasteiger partial charge < -0.3 is 24.8 Å². The number of ether oxygens (including phenoxy) is 2. The number of aliphatic hydroxyl groups excluding tert-OH is 3. The Labute approximate surface area is 97.7 Å². The molecule has 0 radical (unpaired) electrons. The van der Waals surface area contributed by atoms with E-state index < -0.39 is 30.7 Å². The van der Waals surface area contributed by atoms with E-state index in [0.717, 1.165) is 0 Å². The van der Waals surface area contributed by atoms with Crippen LogP contribution in [0.25, 0.3) is 10.4 Å². The van der Waals surface area contributed by atoms with Crippen molar-refractivity contribution in [2.75, 3.05) is 13.2 Å². The summed E-state index contributed by atoms with van der Waals surface area (Å²) in [6.45, 7) is 3.40. The summed E-state index contributed by atoms with van der Waals surface area (Å²) < 4.78 is 10.3. The fourth-order valence-electron chi connectivity index (χ4n) is 1.48. The first-order valence-electron chi connectivity index (χ1n) is 5.04. The highest BCUT2D eigenvalue weighted by molar-refractivity contribution is 4.90. The number of azide groups is 1. The monoisotopic (exact) mass is 245 g/mol. The van der Waals surface area contributed by atoms with Crippen molar-refractivity contribution >= 4 is 0 Å². The van der Waals surface area contributed by atoms with E-state index in [2.05, 4.69) is 16.6 Å². The molecule has 17 heavy (non-hydrogen) atoms. The lowest BCUT2D eigenvalue weighted by atomic mass is 9.99. The van der Waals surface area contributed by atoms with E-state index in [0.29, 0.717) is 0 Å². The van der Waals surface area contributed by atoms with Crippen LogP contribution in [0.1, 0.15) is 0 Å². The molecule has 0 aromatic heterocycles. The molecule has 1 saturated heterocycles. The van der Waals surface area contributed by atoms with Gasteiger partial charge in [-0.1, -0.05) is 11.2 Å². The first-order valence-corrected chi connectivity index (χ1v) is 5.04.